The minimum atomic E-state index is 0.156. The van der Waals surface area contributed by atoms with E-state index in [2.05, 4.69) is 10.1 Å². The molecular weight excluding hydrogens is 182 g/mol. The molecule has 5 heteroatoms. The van der Waals surface area contributed by atoms with Gasteiger partial charge in [-0.3, -0.25) is 0 Å². The van der Waals surface area contributed by atoms with Gasteiger partial charge in [0.1, 0.15) is 6.10 Å². The van der Waals surface area contributed by atoms with E-state index in [9.17, 15) is 0 Å². The van der Waals surface area contributed by atoms with E-state index >= 15 is 0 Å². The minimum Gasteiger partial charge on any atom is -0.468 e. The first kappa shape index (κ1) is 7.75. The summed E-state index contributed by atoms with van der Waals surface area (Å²) in [4.78, 5) is 4.09. The Balaban J connectivity index is 1.88. The lowest BCUT2D eigenvalue weighted by atomic mass is 10.3. The highest BCUT2D eigenvalue weighted by Crippen LogP contribution is 2.13. The summed E-state index contributed by atoms with van der Waals surface area (Å²) in [6, 6.07) is 3.70. The van der Waals surface area contributed by atoms with E-state index in [1.54, 1.807) is 16.9 Å². The van der Waals surface area contributed by atoms with Crippen molar-refractivity contribution in [2.75, 3.05) is 13.2 Å². The minimum absolute atomic E-state index is 0.156. The summed E-state index contributed by atoms with van der Waals surface area (Å²) in [6.45, 7) is 1.31. The molecule has 0 radical (unpaired) electrons. The summed E-state index contributed by atoms with van der Waals surface area (Å²) in [5.74, 6) is 0.615. The van der Waals surface area contributed by atoms with E-state index in [0.717, 1.165) is 5.65 Å². The van der Waals surface area contributed by atoms with Crippen molar-refractivity contribution in [2.45, 2.75) is 6.10 Å². The van der Waals surface area contributed by atoms with Crippen LogP contribution < -0.4 is 4.74 Å². The molecular formula is C9H9N3O2. The first-order chi connectivity index (χ1) is 6.92. The molecule has 0 amide bonds. The zero-order valence-corrected chi connectivity index (χ0v) is 7.46. The average molecular weight is 191 g/mol. The van der Waals surface area contributed by atoms with Crippen molar-refractivity contribution in [2.24, 2.45) is 0 Å². The van der Waals surface area contributed by atoms with Crippen LogP contribution in [-0.2, 0) is 4.74 Å². The zero-order valence-electron chi connectivity index (χ0n) is 7.46. The Hall–Kier alpha value is -1.62. The molecule has 0 atom stereocenters. The quantitative estimate of drug-likeness (QED) is 0.693. The van der Waals surface area contributed by atoms with Gasteiger partial charge in [0.2, 0.25) is 5.88 Å². The molecule has 0 aromatic carbocycles. The van der Waals surface area contributed by atoms with Crippen LogP contribution in [0.2, 0.25) is 0 Å². The fourth-order valence-electron chi connectivity index (χ4n) is 1.31. The lowest BCUT2D eigenvalue weighted by Gasteiger charge is -2.25. The first-order valence-electron chi connectivity index (χ1n) is 4.46. The van der Waals surface area contributed by atoms with Crippen molar-refractivity contribution < 1.29 is 9.47 Å². The average Bonchev–Trinajstić information content (AvgIpc) is 2.58. The van der Waals surface area contributed by atoms with Gasteiger partial charge in [-0.1, -0.05) is 0 Å². The van der Waals surface area contributed by atoms with Crippen LogP contribution in [0.3, 0.4) is 0 Å². The van der Waals surface area contributed by atoms with Crippen LogP contribution in [0.15, 0.2) is 24.5 Å². The van der Waals surface area contributed by atoms with Gasteiger partial charge in [-0.25, -0.2) is 9.50 Å². The van der Waals surface area contributed by atoms with Crippen molar-refractivity contribution in [3.05, 3.63) is 24.5 Å². The maximum atomic E-state index is 5.54. The van der Waals surface area contributed by atoms with Gasteiger partial charge in [0.25, 0.3) is 0 Å². The number of nitrogens with zero attached hydrogens (tertiary/aromatic N) is 3. The molecule has 1 aliphatic rings. The summed E-state index contributed by atoms with van der Waals surface area (Å²) < 4.78 is 12.2. The summed E-state index contributed by atoms with van der Waals surface area (Å²) in [5, 5.41) is 4.23. The second-order valence-electron chi connectivity index (χ2n) is 3.18. The molecule has 14 heavy (non-hydrogen) atoms. The molecule has 0 spiro atoms. The van der Waals surface area contributed by atoms with Crippen LogP contribution in [0, 0.1) is 0 Å². The lowest BCUT2D eigenvalue weighted by molar-refractivity contribution is -0.0817. The van der Waals surface area contributed by atoms with Crippen LogP contribution in [0.4, 0.5) is 0 Å². The van der Waals surface area contributed by atoms with Crippen molar-refractivity contribution in [1.82, 2.24) is 14.6 Å². The second-order valence-corrected chi connectivity index (χ2v) is 3.18. The number of imidazole rings is 1. The van der Waals surface area contributed by atoms with Crippen LogP contribution in [-0.4, -0.2) is 33.9 Å². The fraction of sp³-hybridized carbons (Fsp3) is 0.333. The predicted molar refractivity (Wildman–Crippen MR) is 48.2 cm³/mol. The Kier molecular flexibility index (Phi) is 1.63. The molecule has 0 N–H and O–H groups in total. The Morgan fingerprint density at radius 3 is 3.14 bits per heavy atom. The standard InChI is InChI=1S/C9H9N3O2/c1-2-9(14-7-5-13-6-7)11-12-4-3-10-8(1)12/h1-4,7H,5-6H2. The van der Waals surface area contributed by atoms with Crippen molar-refractivity contribution in [3.63, 3.8) is 0 Å². The normalized spacial score (nSPS) is 16.9. The van der Waals surface area contributed by atoms with Gasteiger partial charge in [0.05, 0.1) is 13.2 Å². The number of ether oxygens (including phenoxy) is 2. The molecule has 1 saturated heterocycles. The molecule has 2 aromatic heterocycles. The Bertz CT molecular complexity index is 450. The third kappa shape index (κ3) is 1.22. The monoisotopic (exact) mass is 191 g/mol. The van der Waals surface area contributed by atoms with Gasteiger partial charge in [0.15, 0.2) is 5.65 Å². The summed E-state index contributed by atoms with van der Waals surface area (Å²) in [5.41, 5.74) is 0.821. The van der Waals surface area contributed by atoms with Crippen molar-refractivity contribution in [1.29, 1.82) is 0 Å². The van der Waals surface area contributed by atoms with Crippen LogP contribution >= 0.6 is 0 Å². The van der Waals surface area contributed by atoms with Gasteiger partial charge in [-0.15, -0.1) is 5.10 Å². The number of hydrogen-bond donors (Lipinski definition) is 0. The molecule has 0 saturated carbocycles. The van der Waals surface area contributed by atoms with Crippen LogP contribution in [0.1, 0.15) is 0 Å². The van der Waals surface area contributed by atoms with E-state index in [0.29, 0.717) is 19.1 Å². The van der Waals surface area contributed by atoms with Gasteiger partial charge >= 0.3 is 0 Å². The third-order valence-corrected chi connectivity index (χ3v) is 2.13. The number of hydrogen-bond acceptors (Lipinski definition) is 4. The predicted octanol–water partition coefficient (Wildman–Crippen LogP) is 0.507. The smallest absolute Gasteiger partial charge is 0.232 e. The molecule has 1 aliphatic heterocycles. The second kappa shape index (κ2) is 2.95. The summed E-state index contributed by atoms with van der Waals surface area (Å²) in [7, 11) is 0. The maximum Gasteiger partial charge on any atom is 0.232 e. The van der Waals surface area contributed by atoms with Crippen LogP contribution in [0.5, 0.6) is 5.88 Å². The molecule has 3 heterocycles. The molecule has 1 fully saturated rings. The first-order valence-corrected chi connectivity index (χ1v) is 4.46. The Morgan fingerprint density at radius 1 is 1.43 bits per heavy atom. The largest absolute Gasteiger partial charge is 0.468 e. The summed E-state index contributed by atoms with van der Waals surface area (Å²) in [6.07, 6.45) is 3.65. The van der Waals surface area contributed by atoms with Gasteiger partial charge in [-0.2, -0.15) is 0 Å². The molecule has 3 rings (SSSR count). The highest BCUT2D eigenvalue weighted by molar-refractivity contribution is 5.37. The van der Waals surface area contributed by atoms with E-state index in [1.807, 2.05) is 12.1 Å². The molecule has 2 aromatic rings. The van der Waals surface area contributed by atoms with Crippen molar-refractivity contribution >= 4 is 5.65 Å². The van der Waals surface area contributed by atoms with Gasteiger partial charge in [-0.05, 0) is 6.07 Å². The number of aromatic nitrogens is 3. The number of fused-ring (bicyclic) bond motifs is 1. The van der Waals surface area contributed by atoms with E-state index in [1.165, 1.54) is 0 Å². The molecule has 0 unspecified atom stereocenters. The van der Waals surface area contributed by atoms with E-state index < -0.39 is 0 Å². The molecule has 72 valence electrons. The Labute approximate surface area is 80.3 Å². The summed E-state index contributed by atoms with van der Waals surface area (Å²) >= 11 is 0. The topological polar surface area (TPSA) is 48.7 Å². The maximum absolute atomic E-state index is 5.54. The lowest BCUT2D eigenvalue weighted by Crippen LogP contribution is -2.38. The van der Waals surface area contributed by atoms with E-state index in [4.69, 9.17) is 9.47 Å². The molecule has 0 bridgehead atoms. The molecule has 0 aliphatic carbocycles. The third-order valence-electron chi connectivity index (χ3n) is 2.13. The molecule has 5 nitrogen and oxygen atoms in total. The fourth-order valence-corrected chi connectivity index (χ4v) is 1.31. The Morgan fingerprint density at radius 2 is 2.36 bits per heavy atom. The zero-order chi connectivity index (χ0) is 9.38. The highest BCUT2D eigenvalue weighted by Gasteiger charge is 2.20. The highest BCUT2D eigenvalue weighted by atomic mass is 16.6. The van der Waals surface area contributed by atoms with Crippen LogP contribution in [0.25, 0.3) is 5.65 Å². The van der Waals surface area contributed by atoms with Crippen molar-refractivity contribution in [3.8, 4) is 5.88 Å². The van der Waals surface area contributed by atoms with E-state index in [-0.39, 0.29) is 6.10 Å². The SMILES string of the molecule is c1cn2nc(OC3COC3)ccc2n1. The van der Waals surface area contributed by atoms with Gasteiger partial charge in [0, 0.05) is 18.5 Å². The van der Waals surface area contributed by atoms with Gasteiger partial charge < -0.3 is 9.47 Å². The number of rotatable bonds is 2.